The molecule has 0 N–H and O–H groups in total. The first-order valence-electron chi connectivity index (χ1n) is 12.9. The highest BCUT2D eigenvalue weighted by atomic mass is 16.5. The first-order valence-corrected chi connectivity index (χ1v) is 12.9. The maximum Gasteiger partial charge on any atom is 0.309 e. The summed E-state index contributed by atoms with van der Waals surface area (Å²) in [4.78, 5) is 15.7. The minimum Gasteiger partial charge on any atom is -0.497 e. The van der Waals surface area contributed by atoms with Crippen molar-refractivity contribution in [2.24, 2.45) is 11.8 Å². The van der Waals surface area contributed by atoms with Crippen molar-refractivity contribution in [1.82, 2.24) is 4.90 Å². The summed E-state index contributed by atoms with van der Waals surface area (Å²) in [7, 11) is 1.65. The number of fused-ring (bicyclic) bond motifs is 1. The molecule has 4 rings (SSSR count). The van der Waals surface area contributed by atoms with Crippen LogP contribution in [0.3, 0.4) is 0 Å². The Morgan fingerprint density at radius 3 is 2.56 bits per heavy atom. The number of hydrogen-bond donors (Lipinski definition) is 0. The van der Waals surface area contributed by atoms with E-state index in [1.165, 1.54) is 16.7 Å². The van der Waals surface area contributed by atoms with E-state index in [0.717, 1.165) is 74.9 Å². The Balaban J connectivity index is 1.48. The number of benzene rings is 1. The first kappa shape index (κ1) is 24.4. The molecule has 3 unspecified atom stereocenters. The van der Waals surface area contributed by atoms with Crippen molar-refractivity contribution >= 4 is 5.97 Å². The van der Waals surface area contributed by atoms with Gasteiger partial charge in [0.15, 0.2) is 0 Å². The highest BCUT2D eigenvalue weighted by Gasteiger charge is 2.39. The van der Waals surface area contributed by atoms with Gasteiger partial charge in [0.05, 0.1) is 19.1 Å². The molecule has 1 saturated carbocycles. The van der Waals surface area contributed by atoms with Crippen LogP contribution in [0.4, 0.5) is 0 Å². The number of likely N-dealkylation sites (tertiary alicyclic amines) is 1. The lowest BCUT2D eigenvalue weighted by Gasteiger charge is -2.46. The Bertz CT molecular complexity index is 971. The summed E-state index contributed by atoms with van der Waals surface area (Å²) >= 11 is 0. The number of rotatable bonds is 8. The minimum absolute atomic E-state index is 0.0871. The Labute approximate surface area is 205 Å². The van der Waals surface area contributed by atoms with E-state index in [0.29, 0.717) is 12.6 Å². The molecule has 2 aliphatic carbocycles. The topological polar surface area (TPSA) is 38.8 Å². The third kappa shape index (κ3) is 5.01. The van der Waals surface area contributed by atoms with Crippen LogP contribution in [-0.2, 0) is 16.1 Å². The molecule has 3 aliphatic rings. The van der Waals surface area contributed by atoms with Crippen molar-refractivity contribution < 1.29 is 14.3 Å². The fourth-order valence-electron chi connectivity index (χ4n) is 6.06. The summed E-state index contributed by atoms with van der Waals surface area (Å²) in [5.41, 5.74) is 6.45. The minimum atomic E-state index is -0.117. The molecule has 1 aliphatic heterocycles. The molecule has 0 spiro atoms. The van der Waals surface area contributed by atoms with Gasteiger partial charge in [-0.3, -0.25) is 4.79 Å². The maximum atomic E-state index is 13.2. The smallest absolute Gasteiger partial charge is 0.309 e. The molecular weight excluding hydrogens is 422 g/mol. The SMILES string of the molecule is C=CC1=C2C(=CCC1)CCN(C(=C)C1CCCCC1C(=O)OCc1ccc(OC)cc1)C2CC. The van der Waals surface area contributed by atoms with Crippen LogP contribution in [0.2, 0.25) is 0 Å². The maximum absolute atomic E-state index is 13.2. The molecule has 1 saturated heterocycles. The van der Waals surface area contributed by atoms with Crippen LogP contribution in [0.1, 0.15) is 63.9 Å². The quantitative estimate of drug-likeness (QED) is 0.402. The van der Waals surface area contributed by atoms with Gasteiger partial charge in [-0.2, -0.15) is 0 Å². The molecule has 1 aromatic rings. The number of ether oxygens (including phenoxy) is 2. The zero-order valence-corrected chi connectivity index (χ0v) is 20.9. The van der Waals surface area contributed by atoms with E-state index in [1.807, 2.05) is 24.3 Å². The Hall–Kier alpha value is -2.75. The van der Waals surface area contributed by atoms with Crippen LogP contribution < -0.4 is 4.74 Å². The summed E-state index contributed by atoms with van der Waals surface area (Å²) < 4.78 is 11.0. The first-order chi connectivity index (χ1) is 16.6. The summed E-state index contributed by atoms with van der Waals surface area (Å²) in [6.45, 7) is 12.2. The molecule has 0 radical (unpaired) electrons. The summed E-state index contributed by atoms with van der Waals surface area (Å²) in [6, 6.07) is 8.01. The number of hydrogen-bond acceptors (Lipinski definition) is 4. The summed E-state index contributed by atoms with van der Waals surface area (Å²) in [5, 5.41) is 0. The van der Waals surface area contributed by atoms with E-state index in [4.69, 9.17) is 9.47 Å². The molecule has 4 nitrogen and oxygen atoms in total. The zero-order chi connectivity index (χ0) is 24.1. The second-order valence-electron chi connectivity index (χ2n) is 9.72. The molecule has 1 heterocycles. The van der Waals surface area contributed by atoms with Gasteiger partial charge < -0.3 is 14.4 Å². The van der Waals surface area contributed by atoms with Crippen molar-refractivity contribution in [2.45, 2.75) is 70.9 Å². The molecule has 2 fully saturated rings. The fourth-order valence-corrected chi connectivity index (χ4v) is 6.06. The van der Waals surface area contributed by atoms with E-state index in [1.54, 1.807) is 7.11 Å². The van der Waals surface area contributed by atoms with Crippen LogP contribution in [-0.4, -0.2) is 30.6 Å². The molecule has 1 aromatic carbocycles. The van der Waals surface area contributed by atoms with Crippen LogP contribution in [0.15, 0.2) is 72.0 Å². The van der Waals surface area contributed by atoms with Gasteiger partial charge in [0.2, 0.25) is 0 Å². The van der Waals surface area contributed by atoms with Gasteiger partial charge in [0.25, 0.3) is 0 Å². The molecular formula is C30H39NO3. The van der Waals surface area contributed by atoms with E-state index >= 15 is 0 Å². The largest absolute Gasteiger partial charge is 0.497 e. The van der Waals surface area contributed by atoms with Gasteiger partial charge >= 0.3 is 5.97 Å². The number of carbonyl (C=O) groups is 1. The fraction of sp³-hybridized carbons (Fsp3) is 0.500. The van der Waals surface area contributed by atoms with Gasteiger partial charge in [-0.25, -0.2) is 0 Å². The van der Waals surface area contributed by atoms with E-state index in [-0.39, 0.29) is 17.8 Å². The highest BCUT2D eigenvalue weighted by Crippen LogP contribution is 2.43. The second kappa shape index (κ2) is 11.1. The zero-order valence-electron chi connectivity index (χ0n) is 20.9. The van der Waals surface area contributed by atoms with Gasteiger partial charge in [0.1, 0.15) is 12.4 Å². The number of allylic oxidation sites excluding steroid dienone is 4. The highest BCUT2D eigenvalue weighted by molar-refractivity contribution is 5.73. The van der Waals surface area contributed by atoms with Crippen LogP contribution in [0.25, 0.3) is 0 Å². The monoisotopic (exact) mass is 461 g/mol. The van der Waals surface area contributed by atoms with Crippen molar-refractivity contribution in [2.75, 3.05) is 13.7 Å². The molecule has 0 amide bonds. The standard InChI is InChI=1S/C30H39NO3/c1-5-23-10-9-11-24-18-19-31(28(6-2)29(23)24)21(3)26-12-7-8-13-27(26)30(32)34-20-22-14-16-25(33-4)17-15-22/h5,11,14-17,26-28H,1,3,6-10,12-13,18-20H2,2,4H3. The van der Waals surface area contributed by atoms with Crippen molar-refractivity contribution in [3.63, 3.8) is 0 Å². The lowest BCUT2D eigenvalue weighted by Crippen LogP contribution is -2.45. The van der Waals surface area contributed by atoms with Crippen molar-refractivity contribution in [3.8, 4) is 5.75 Å². The molecule has 0 bridgehead atoms. The number of piperidine rings is 1. The van der Waals surface area contributed by atoms with E-state index in [2.05, 4.69) is 37.1 Å². The predicted molar refractivity (Wildman–Crippen MR) is 137 cm³/mol. The molecule has 3 atom stereocenters. The van der Waals surface area contributed by atoms with Crippen LogP contribution in [0, 0.1) is 11.8 Å². The van der Waals surface area contributed by atoms with E-state index in [9.17, 15) is 4.79 Å². The lowest BCUT2D eigenvalue weighted by atomic mass is 9.75. The van der Waals surface area contributed by atoms with Gasteiger partial charge in [0, 0.05) is 18.2 Å². The molecule has 4 heteroatoms. The average Bonchev–Trinajstić information content (AvgIpc) is 2.90. The number of carbonyl (C=O) groups excluding carboxylic acids is 1. The Morgan fingerprint density at radius 2 is 1.88 bits per heavy atom. The van der Waals surface area contributed by atoms with Gasteiger partial charge in [-0.15, -0.1) is 0 Å². The second-order valence-corrected chi connectivity index (χ2v) is 9.72. The molecule has 34 heavy (non-hydrogen) atoms. The predicted octanol–water partition coefficient (Wildman–Crippen LogP) is 6.75. The number of nitrogens with zero attached hydrogens (tertiary/aromatic N) is 1. The van der Waals surface area contributed by atoms with Gasteiger partial charge in [-0.1, -0.05) is 57.2 Å². The Morgan fingerprint density at radius 1 is 1.15 bits per heavy atom. The third-order valence-electron chi connectivity index (χ3n) is 7.87. The average molecular weight is 462 g/mol. The third-order valence-corrected chi connectivity index (χ3v) is 7.87. The summed E-state index contributed by atoms with van der Waals surface area (Å²) in [6.07, 6.45) is 12.8. The number of methoxy groups -OCH3 is 1. The molecule has 182 valence electrons. The molecule has 0 aromatic heterocycles. The summed E-state index contributed by atoms with van der Waals surface area (Å²) in [5.74, 6) is 0.744. The van der Waals surface area contributed by atoms with Crippen LogP contribution >= 0.6 is 0 Å². The van der Waals surface area contributed by atoms with Crippen molar-refractivity contribution in [3.05, 3.63) is 77.6 Å². The lowest BCUT2D eigenvalue weighted by molar-refractivity contribution is -0.153. The normalized spacial score (nSPS) is 24.7. The van der Waals surface area contributed by atoms with Crippen molar-refractivity contribution in [1.29, 1.82) is 0 Å². The van der Waals surface area contributed by atoms with Crippen LogP contribution in [0.5, 0.6) is 5.75 Å². The number of esters is 1. The van der Waals surface area contributed by atoms with E-state index < -0.39 is 0 Å². The van der Waals surface area contributed by atoms with Gasteiger partial charge in [-0.05, 0) is 72.9 Å². The Kier molecular flexibility index (Phi) is 7.97.